The smallest absolute Gasteiger partial charge is 0.243 e. The predicted molar refractivity (Wildman–Crippen MR) is 88.7 cm³/mol. The van der Waals surface area contributed by atoms with Gasteiger partial charge in [0.2, 0.25) is 5.91 Å². The number of benzene rings is 2. The predicted octanol–water partition coefficient (Wildman–Crippen LogP) is 4.14. The van der Waals surface area contributed by atoms with E-state index in [0.717, 1.165) is 41.8 Å². The summed E-state index contributed by atoms with van der Waals surface area (Å²) in [6.07, 6.45) is 1.64. The van der Waals surface area contributed by atoms with Crippen molar-refractivity contribution in [3.05, 3.63) is 59.2 Å². The average molecular weight is 318 g/mol. The number of rotatable bonds is 6. The van der Waals surface area contributed by atoms with Gasteiger partial charge in [0.1, 0.15) is 0 Å². The fourth-order valence-corrected chi connectivity index (χ4v) is 2.38. The Balaban J connectivity index is 2.04. The lowest BCUT2D eigenvalue weighted by Gasteiger charge is -2.15. The third-order valence-corrected chi connectivity index (χ3v) is 3.64. The molecule has 0 bridgehead atoms. The van der Waals surface area contributed by atoms with Crippen LogP contribution in [0.5, 0.6) is 0 Å². The van der Waals surface area contributed by atoms with E-state index in [1.54, 1.807) is 0 Å². The van der Waals surface area contributed by atoms with Gasteiger partial charge >= 0.3 is 0 Å². The van der Waals surface area contributed by atoms with E-state index in [0.29, 0.717) is 5.69 Å². The first-order valence-corrected chi connectivity index (χ1v) is 7.64. The molecule has 0 atom stereocenters. The number of carbonyl (C=O) groups excluding carboxylic acids is 1. The lowest BCUT2D eigenvalue weighted by Crippen LogP contribution is -2.23. The van der Waals surface area contributed by atoms with Crippen molar-refractivity contribution in [1.82, 2.24) is 0 Å². The Labute approximate surface area is 134 Å². The zero-order chi connectivity index (χ0) is 16.8. The van der Waals surface area contributed by atoms with Crippen LogP contribution in [-0.4, -0.2) is 12.5 Å². The number of para-hydroxylation sites is 1. The summed E-state index contributed by atoms with van der Waals surface area (Å²) >= 11 is 0. The van der Waals surface area contributed by atoms with Crippen LogP contribution in [0.1, 0.15) is 25.0 Å². The quantitative estimate of drug-likeness (QED) is 0.840. The molecule has 122 valence electrons. The Morgan fingerprint density at radius 3 is 2.22 bits per heavy atom. The molecule has 0 aliphatic heterocycles. The fraction of sp³-hybridized carbons (Fsp3) is 0.278. The van der Waals surface area contributed by atoms with Gasteiger partial charge in [0.25, 0.3) is 0 Å². The van der Waals surface area contributed by atoms with Crippen molar-refractivity contribution in [2.75, 3.05) is 17.2 Å². The Morgan fingerprint density at radius 2 is 1.65 bits per heavy atom. The highest BCUT2D eigenvalue weighted by molar-refractivity contribution is 5.95. The van der Waals surface area contributed by atoms with Crippen LogP contribution in [0.15, 0.2) is 36.4 Å². The van der Waals surface area contributed by atoms with Crippen molar-refractivity contribution in [2.24, 2.45) is 0 Å². The Kier molecular flexibility index (Phi) is 5.68. The molecule has 0 radical (unpaired) electrons. The van der Waals surface area contributed by atoms with Crippen molar-refractivity contribution < 1.29 is 13.6 Å². The minimum Gasteiger partial charge on any atom is -0.376 e. The molecule has 0 saturated carbocycles. The molecule has 2 aromatic carbocycles. The first-order valence-electron chi connectivity index (χ1n) is 7.64. The van der Waals surface area contributed by atoms with E-state index >= 15 is 0 Å². The van der Waals surface area contributed by atoms with Gasteiger partial charge in [-0.2, -0.15) is 0 Å². The average Bonchev–Trinajstić information content (AvgIpc) is 2.56. The zero-order valence-electron chi connectivity index (χ0n) is 13.2. The number of amides is 1. The molecule has 0 aliphatic carbocycles. The van der Waals surface area contributed by atoms with E-state index in [4.69, 9.17) is 0 Å². The third kappa shape index (κ3) is 4.28. The van der Waals surface area contributed by atoms with Gasteiger partial charge in [0.05, 0.1) is 6.54 Å². The molecule has 0 aliphatic rings. The highest BCUT2D eigenvalue weighted by atomic mass is 19.2. The molecule has 0 spiro atoms. The second-order valence-electron chi connectivity index (χ2n) is 5.19. The van der Waals surface area contributed by atoms with Crippen LogP contribution in [0.3, 0.4) is 0 Å². The van der Waals surface area contributed by atoms with Gasteiger partial charge in [-0.1, -0.05) is 32.0 Å². The van der Waals surface area contributed by atoms with Crippen LogP contribution >= 0.6 is 0 Å². The first kappa shape index (κ1) is 16.9. The molecule has 2 aromatic rings. The van der Waals surface area contributed by atoms with Crippen molar-refractivity contribution in [3.8, 4) is 0 Å². The number of carbonyl (C=O) groups is 1. The van der Waals surface area contributed by atoms with Gasteiger partial charge in [0, 0.05) is 17.4 Å². The van der Waals surface area contributed by atoms with Gasteiger partial charge in [-0.05, 0) is 36.1 Å². The maximum absolute atomic E-state index is 13.1. The van der Waals surface area contributed by atoms with Crippen LogP contribution < -0.4 is 10.6 Å². The maximum atomic E-state index is 13.1. The lowest BCUT2D eigenvalue weighted by atomic mass is 10.0. The molecule has 2 rings (SSSR count). The minimum absolute atomic E-state index is 0.0216. The van der Waals surface area contributed by atoms with Crippen molar-refractivity contribution in [1.29, 1.82) is 0 Å². The first-order chi connectivity index (χ1) is 11.0. The number of hydrogen-bond acceptors (Lipinski definition) is 2. The highest BCUT2D eigenvalue weighted by Gasteiger charge is 2.10. The van der Waals surface area contributed by atoms with E-state index in [9.17, 15) is 13.6 Å². The normalized spacial score (nSPS) is 10.4. The number of halogens is 2. The second-order valence-corrected chi connectivity index (χ2v) is 5.19. The number of hydrogen-bond donors (Lipinski definition) is 2. The summed E-state index contributed by atoms with van der Waals surface area (Å²) in [4.78, 5) is 12.1. The maximum Gasteiger partial charge on any atom is 0.243 e. The van der Waals surface area contributed by atoms with E-state index in [1.807, 2.05) is 32.0 Å². The van der Waals surface area contributed by atoms with Gasteiger partial charge in [-0.25, -0.2) is 8.78 Å². The Hall–Kier alpha value is -2.43. The van der Waals surface area contributed by atoms with Gasteiger partial charge < -0.3 is 10.6 Å². The monoisotopic (exact) mass is 318 g/mol. The van der Waals surface area contributed by atoms with Crippen molar-refractivity contribution in [3.63, 3.8) is 0 Å². The molecule has 23 heavy (non-hydrogen) atoms. The molecule has 0 saturated heterocycles. The van der Waals surface area contributed by atoms with Crippen LogP contribution in [-0.2, 0) is 17.6 Å². The topological polar surface area (TPSA) is 41.1 Å². The van der Waals surface area contributed by atoms with E-state index in [-0.39, 0.29) is 12.5 Å². The van der Waals surface area contributed by atoms with E-state index in [1.165, 1.54) is 6.07 Å². The third-order valence-electron chi connectivity index (χ3n) is 3.64. The van der Waals surface area contributed by atoms with Crippen molar-refractivity contribution in [2.45, 2.75) is 26.7 Å². The van der Waals surface area contributed by atoms with E-state index < -0.39 is 11.6 Å². The molecule has 0 aromatic heterocycles. The summed E-state index contributed by atoms with van der Waals surface area (Å²) in [5.41, 5.74) is 3.35. The summed E-state index contributed by atoms with van der Waals surface area (Å²) in [6, 6.07) is 9.39. The summed E-state index contributed by atoms with van der Waals surface area (Å²) in [7, 11) is 0. The molecule has 5 heteroatoms. The Morgan fingerprint density at radius 1 is 1.00 bits per heavy atom. The summed E-state index contributed by atoms with van der Waals surface area (Å²) in [5.74, 6) is -2.09. The second kappa shape index (κ2) is 7.72. The van der Waals surface area contributed by atoms with Crippen LogP contribution in [0.2, 0.25) is 0 Å². The molecular weight excluding hydrogens is 298 g/mol. The van der Waals surface area contributed by atoms with Gasteiger partial charge in [-0.15, -0.1) is 0 Å². The minimum atomic E-state index is -0.944. The highest BCUT2D eigenvalue weighted by Crippen LogP contribution is 2.22. The van der Waals surface area contributed by atoms with Gasteiger partial charge in [-0.3, -0.25) is 4.79 Å². The van der Waals surface area contributed by atoms with Crippen LogP contribution in [0.4, 0.5) is 20.2 Å². The summed E-state index contributed by atoms with van der Waals surface area (Å²) in [6.45, 7) is 4.04. The zero-order valence-corrected chi connectivity index (χ0v) is 13.2. The van der Waals surface area contributed by atoms with E-state index in [2.05, 4.69) is 10.6 Å². The molecular formula is C18H20F2N2O. The molecule has 0 heterocycles. The molecule has 2 N–H and O–H groups in total. The molecule has 3 nitrogen and oxygen atoms in total. The van der Waals surface area contributed by atoms with Crippen LogP contribution in [0.25, 0.3) is 0 Å². The number of aryl methyl sites for hydroxylation is 2. The SMILES string of the molecule is CCc1cccc(CC)c1NC(=O)CNc1ccc(F)c(F)c1. The summed E-state index contributed by atoms with van der Waals surface area (Å²) < 4.78 is 26.0. The van der Waals surface area contributed by atoms with Crippen LogP contribution in [0, 0.1) is 11.6 Å². The molecule has 0 fully saturated rings. The number of anilines is 2. The number of nitrogens with one attached hydrogen (secondary N) is 2. The van der Waals surface area contributed by atoms with Crippen molar-refractivity contribution >= 4 is 17.3 Å². The largest absolute Gasteiger partial charge is 0.376 e. The van der Waals surface area contributed by atoms with Gasteiger partial charge in [0.15, 0.2) is 11.6 Å². The fourth-order valence-electron chi connectivity index (χ4n) is 2.38. The molecule has 0 unspecified atom stereocenters. The molecule has 1 amide bonds. The summed E-state index contributed by atoms with van der Waals surface area (Å²) in [5, 5.41) is 5.70. The standard InChI is InChI=1S/C18H20F2N2O/c1-3-12-6-5-7-13(4-2)18(12)22-17(23)11-21-14-8-9-15(19)16(20)10-14/h5-10,21H,3-4,11H2,1-2H3,(H,22,23). The Bertz CT molecular complexity index is 679. The lowest BCUT2D eigenvalue weighted by molar-refractivity contribution is -0.114.